The van der Waals surface area contributed by atoms with Crippen molar-refractivity contribution in [2.24, 2.45) is 0 Å². The highest BCUT2D eigenvalue weighted by atomic mass is 32.2. The second kappa shape index (κ2) is 8.32. The van der Waals surface area contributed by atoms with Crippen molar-refractivity contribution in [2.75, 3.05) is 9.62 Å². The predicted molar refractivity (Wildman–Crippen MR) is 113 cm³/mol. The van der Waals surface area contributed by atoms with Crippen LogP contribution in [0, 0.1) is 17.0 Å². The van der Waals surface area contributed by atoms with Gasteiger partial charge in [-0.15, -0.1) is 0 Å². The molecule has 3 rings (SSSR count). The molecule has 0 aliphatic rings. The van der Waals surface area contributed by atoms with Crippen LogP contribution in [0.4, 0.5) is 17.1 Å². The molecule has 1 unspecified atom stereocenters. The number of hydrogen-bond acceptors (Lipinski definition) is 5. The summed E-state index contributed by atoms with van der Waals surface area (Å²) in [6.45, 7) is 3.60. The van der Waals surface area contributed by atoms with Crippen molar-refractivity contribution in [2.45, 2.75) is 24.9 Å². The molecule has 0 heterocycles. The molecule has 0 aliphatic heterocycles. The summed E-state index contributed by atoms with van der Waals surface area (Å²) in [4.78, 5) is 10.6. The minimum Gasteiger partial charge on any atom is -0.365 e. The van der Waals surface area contributed by atoms with Crippen LogP contribution in [0.5, 0.6) is 0 Å². The molecule has 150 valence electrons. The summed E-state index contributed by atoms with van der Waals surface area (Å²) in [6.07, 6.45) is -0.648. The standard InChI is InChI=1S/C21H21N3O4S/c1-16-8-14-21(15-9-16)29(27,28)23(17(2)22-18-6-4-3-5-7-18)19-10-12-20(13-11-19)24(25)26/h3-15,17,22H,1-2H3. The van der Waals surface area contributed by atoms with E-state index in [4.69, 9.17) is 0 Å². The summed E-state index contributed by atoms with van der Waals surface area (Å²) in [6, 6.07) is 21.3. The largest absolute Gasteiger partial charge is 0.365 e. The van der Waals surface area contributed by atoms with Crippen molar-refractivity contribution >= 4 is 27.1 Å². The van der Waals surface area contributed by atoms with Crippen LogP contribution >= 0.6 is 0 Å². The summed E-state index contributed by atoms with van der Waals surface area (Å²) >= 11 is 0. The summed E-state index contributed by atoms with van der Waals surface area (Å²) < 4.78 is 28.1. The molecule has 0 aromatic heterocycles. The predicted octanol–water partition coefficient (Wildman–Crippen LogP) is 4.56. The molecular formula is C21H21N3O4S. The summed E-state index contributed by atoms with van der Waals surface area (Å²) in [5.41, 5.74) is 1.92. The first-order valence-corrected chi connectivity index (χ1v) is 10.4. The van der Waals surface area contributed by atoms with Crippen molar-refractivity contribution in [3.63, 3.8) is 0 Å². The number of sulfonamides is 1. The molecule has 0 radical (unpaired) electrons. The van der Waals surface area contributed by atoms with Crippen LogP contribution in [0.1, 0.15) is 12.5 Å². The van der Waals surface area contributed by atoms with Crippen LogP contribution in [0.3, 0.4) is 0 Å². The fraction of sp³-hybridized carbons (Fsp3) is 0.143. The number of nitrogens with one attached hydrogen (secondary N) is 1. The van der Waals surface area contributed by atoms with E-state index in [1.807, 2.05) is 37.3 Å². The molecule has 0 saturated heterocycles. The Hall–Kier alpha value is -3.39. The van der Waals surface area contributed by atoms with Crippen LogP contribution in [-0.4, -0.2) is 19.5 Å². The molecule has 0 bridgehead atoms. The number of nitro groups is 1. The number of rotatable bonds is 7. The molecule has 29 heavy (non-hydrogen) atoms. The minimum absolute atomic E-state index is 0.106. The minimum atomic E-state index is -3.92. The Kier molecular flexibility index (Phi) is 5.84. The third-order valence-electron chi connectivity index (χ3n) is 4.39. The van der Waals surface area contributed by atoms with E-state index in [9.17, 15) is 18.5 Å². The van der Waals surface area contributed by atoms with E-state index >= 15 is 0 Å². The van der Waals surface area contributed by atoms with Gasteiger partial charge in [-0.25, -0.2) is 12.7 Å². The fourth-order valence-corrected chi connectivity index (χ4v) is 4.53. The van der Waals surface area contributed by atoms with Gasteiger partial charge in [-0.1, -0.05) is 35.9 Å². The maximum absolute atomic E-state index is 13.4. The average Bonchev–Trinajstić information content (AvgIpc) is 2.69. The van der Waals surface area contributed by atoms with Crippen molar-refractivity contribution in [1.82, 2.24) is 0 Å². The lowest BCUT2D eigenvalue weighted by molar-refractivity contribution is -0.384. The number of hydrogen-bond donors (Lipinski definition) is 1. The number of non-ortho nitro benzene ring substituents is 1. The Morgan fingerprint density at radius 1 is 0.931 bits per heavy atom. The molecule has 0 fully saturated rings. The molecule has 1 atom stereocenters. The average molecular weight is 411 g/mol. The molecule has 0 aliphatic carbocycles. The van der Waals surface area contributed by atoms with Crippen LogP contribution in [0.2, 0.25) is 0 Å². The van der Waals surface area contributed by atoms with E-state index in [1.165, 1.54) is 28.6 Å². The van der Waals surface area contributed by atoms with Crippen LogP contribution in [0.15, 0.2) is 83.8 Å². The SMILES string of the molecule is Cc1ccc(S(=O)(=O)N(c2ccc([N+](=O)[O-])cc2)C(C)Nc2ccccc2)cc1. The Balaban J connectivity index is 2.05. The van der Waals surface area contributed by atoms with Crippen LogP contribution < -0.4 is 9.62 Å². The normalized spacial score (nSPS) is 12.2. The van der Waals surface area contributed by atoms with Crippen LogP contribution in [0.25, 0.3) is 0 Å². The Labute approximate surface area is 169 Å². The van der Waals surface area contributed by atoms with Crippen molar-refractivity contribution in [3.05, 3.63) is 94.5 Å². The van der Waals surface area contributed by atoms with Gasteiger partial charge in [0.05, 0.1) is 15.5 Å². The lowest BCUT2D eigenvalue weighted by Crippen LogP contribution is -2.43. The zero-order chi connectivity index (χ0) is 21.0. The van der Waals surface area contributed by atoms with E-state index in [2.05, 4.69) is 5.32 Å². The van der Waals surface area contributed by atoms with Crippen molar-refractivity contribution in [1.29, 1.82) is 0 Å². The molecular weight excluding hydrogens is 390 g/mol. The third-order valence-corrected chi connectivity index (χ3v) is 6.31. The van der Waals surface area contributed by atoms with E-state index in [1.54, 1.807) is 31.2 Å². The molecule has 0 saturated carbocycles. The van der Waals surface area contributed by atoms with E-state index in [0.717, 1.165) is 11.3 Å². The number of benzene rings is 3. The van der Waals surface area contributed by atoms with Gasteiger partial charge < -0.3 is 5.32 Å². The molecule has 3 aromatic carbocycles. The smallest absolute Gasteiger partial charge is 0.269 e. The van der Waals surface area contributed by atoms with Gasteiger partial charge in [-0.05, 0) is 50.2 Å². The third kappa shape index (κ3) is 4.55. The first-order chi connectivity index (χ1) is 13.8. The maximum Gasteiger partial charge on any atom is 0.269 e. The van der Waals surface area contributed by atoms with Gasteiger partial charge in [0, 0.05) is 17.8 Å². The van der Waals surface area contributed by atoms with Gasteiger partial charge in [0.25, 0.3) is 15.7 Å². The fourth-order valence-electron chi connectivity index (χ4n) is 2.95. The summed E-state index contributed by atoms with van der Waals surface area (Å²) in [7, 11) is -3.92. The molecule has 3 aromatic rings. The van der Waals surface area contributed by atoms with E-state index < -0.39 is 21.1 Å². The number of nitrogens with zero attached hydrogens (tertiary/aromatic N) is 2. The Morgan fingerprint density at radius 3 is 2.07 bits per heavy atom. The van der Waals surface area contributed by atoms with E-state index in [-0.39, 0.29) is 10.6 Å². The number of aryl methyl sites for hydroxylation is 1. The van der Waals surface area contributed by atoms with Gasteiger partial charge in [0.15, 0.2) is 0 Å². The quantitative estimate of drug-likeness (QED) is 0.350. The topological polar surface area (TPSA) is 92.5 Å². The molecule has 1 N–H and O–H groups in total. The lowest BCUT2D eigenvalue weighted by Gasteiger charge is -2.31. The van der Waals surface area contributed by atoms with Gasteiger partial charge in [-0.3, -0.25) is 10.1 Å². The van der Waals surface area contributed by atoms with Crippen LogP contribution in [-0.2, 0) is 10.0 Å². The van der Waals surface area contributed by atoms with Gasteiger partial charge in [0.2, 0.25) is 0 Å². The van der Waals surface area contributed by atoms with Gasteiger partial charge in [0.1, 0.15) is 6.17 Å². The first-order valence-electron chi connectivity index (χ1n) is 8.96. The van der Waals surface area contributed by atoms with Gasteiger partial charge in [-0.2, -0.15) is 0 Å². The maximum atomic E-state index is 13.4. The molecule has 0 spiro atoms. The second-order valence-corrected chi connectivity index (χ2v) is 8.39. The monoisotopic (exact) mass is 411 g/mol. The summed E-state index contributed by atoms with van der Waals surface area (Å²) in [5, 5.41) is 14.1. The summed E-state index contributed by atoms with van der Waals surface area (Å²) in [5.74, 6) is 0. The van der Waals surface area contributed by atoms with Crippen molar-refractivity contribution in [3.8, 4) is 0 Å². The number of anilines is 2. The number of para-hydroxylation sites is 1. The lowest BCUT2D eigenvalue weighted by atomic mass is 10.2. The number of nitro benzene ring substituents is 1. The van der Waals surface area contributed by atoms with Crippen molar-refractivity contribution < 1.29 is 13.3 Å². The highest BCUT2D eigenvalue weighted by molar-refractivity contribution is 7.92. The van der Waals surface area contributed by atoms with E-state index in [0.29, 0.717) is 5.69 Å². The Morgan fingerprint density at radius 2 is 1.52 bits per heavy atom. The molecule has 0 amide bonds. The Bertz CT molecular complexity index is 1080. The highest BCUT2D eigenvalue weighted by Gasteiger charge is 2.30. The zero-order valence-corrected chi connectivity index (χ0v) is 16.8. The zero-order valence-electron chi connectivity index (χ0n) is 16.0. The molecule has 8 heteroatoms. The molecule has 7 nitrogen and oxygen atoms in total. The first kappa shape index (κ1) is 20.3. The highest BCUT2D eigenvalue weighted by Crippen LogP contribution is 2.28. The second-order valence-electron chi connectivity index (χ2n) is 6.57. The van der Waals surface area contributed by atoms with Gasteiger partial charge >= 0.3 is 0 Å².